The summed E-state index contributed by atoms with van der Waals surface area (Å²) in [7, 11) is 0. The Hall–Kier alpha value is -2.21. The molecule has 22 heavy (non-hydrogen) atoms. The molecule has 0 fully saturated rings. The molecule has 0 aromatic heterocycles. The molecule has 1 aliphatic rings. The summed E-state index contributed by atoms with van der Waals surface area (Å²) in [5.41, 5.74) is -0.472. The van der Waals surface area contributed by atoms with Gasteiger partial charge in [0.25, 0.3) is 0 Å². The van der Waals surface area contributed by atoms with Crippen molar-refractivity contribution in [3.63, 3.8) is 0 Å². The molecule has 2 aromatic carbocycles. The van der Waals surface area contributed by atoms with E-state index in [2.05, 4.69) is 4.74 Å². The van der Waals surface area contributed by atoms with Crippen LogP contribution in [-0.4, -0.2) is 12.1 Å². The number of hydrogen-bond acceptors (Lipinski definition) is 3. The largest absolute Gasteiger partial charge is 0.473 e. The van der Waals surface area contributed by atoms with Gasteiger partial charge in [0.15, 0.2) is 0 Å². The van der Waals surface area contributed by atoms with Crippen LogP contribution in [0.25, 0.3) is 0 Å². The molecule has 0 spiro atoms. The number of ether oxygens (including phenoxy) is 2. The van der Waals surface area contributed by atoms with Crippen molar-refractivity contribution >= 4 is 17.6 Å². The van der Waals surface area contributed by atoms with Gasteiger partial charge in [0.1, 0.15) is 11.3 Å². The lowest BCUT2D eigenvalue weighted by atomic mass is 10.0. The molecular weight excluding hydrogens is 321 g/mol. The third-order valence-electron chi connectivity index (χ3n) is 3.18. The summed E-state index contributed by atoms with van der Waals surface area (Å²) in [4.78, 5) is 12.0. The summed E-state index contributed by atoms with van der Waals surface area (Å²) in [5, 5.41) is 0.193. The topological polar surface area (TPSA) is 35.5 Å². The molecule has 3 rings (SSSR count). The van der Waals surface area contributed by atoms with E-state index in [0.717, 1.165) is 0 Å². The highest BCUT2D eigenvalue weighted by Gasteiger charge is 2.64. The SMILES string of the molecule is O=C1O[C@@](c2ccccc2)(C(F)(F)F)Oc2ccc(Cl)cc21. The van der Waals surface area contributed by atoms with E-state index in [-0.39, 0.29) is 21.9 Å². The first kappa shape index (κ1) is 14.7. The van der Waals surface area contributed by atoms with Crippen LogP contribution in [-0.2, 0) is 10.5 Å². The minimum Gasteiger partial charge on any atom is -0.440 e. The van der Waals surface area contributed by atoms with Crippen LogP contribution in [0.5, 0.6) is 5.75 Å². The summed E-state index contributed by atoms with van der Waals surface area (Å²) < 4.78 is 50.5. The number of rotatable bonds is 1. The number of benzene rings is 2. The van der Waals surface area contributed by atoms with Gasteiger partial charge in [0.2, 0.25) is 0 Å². The minimum absolute atomic E-state index is 0.150. The lowest BCUT2D eigenvalue weighted by Gasteiger charge is -2.38. The molecule has 0 bridgehead atoms. The van der Waals surface area contributed by atoms with Gasteiger partial charge in [-0.15, -0.1) is 0 Å². The van der Waals surface area contributed by atoms with Gasteiger partial charge in [0.05, 0.1) is 0 Å². The molecule has 0 radical (unpaired) electrons. The van der Waals surface area contributed by atoms with Gasteiger partial charge in [-0.1, -0.05) is 41.9 Å². The summed E-state index contributed by atoms with van der Waals surface area (Å²) in [6.45, 7) is 0. The molecule has 7 heteroatoms. The molecule has 114 valence electrons. The van der Waals surface area contributed by atoms with Crippen LogP contribution >= 0.6 is 11.6 Å². The van der Waals surface area contributed by atoms with Gasteiger partial charge in [-0.25, -0.2) is 4.79 Å². The zero-order valence-electron chi connectivity index (χ0n) is 10.9. The van der Waals surface area contributed by atoms with Gasteiger partial charge in [-0.05, 0) is 18.2 Å². The van der Waals surface area contributed by atoms with E-state index in [0.29, 0.717) is 0 Å². The fourth-order valence-electron chi connectivity index (χ4n) is 2.17. The molecule has 1 heterocycles. The number of halogens is 4. The molecule has 0 N–H and O–H groups in total. The van der Waals surface area contributed by atoms with Gasteiger partial charge in [-0.3, -0.25) is 0 Å². The Kier molecular flexibility index (Phi) is 3.29. The zero-order valence-corrected chi connectivity index (χ0v) is 11.6. The first-order valence-corrected chi connectivity index (χ1v) is 6.55. The Morgan fingerprint density at radius 1 is 1.00 bits per heavy atom. The number of carbonyl (C=O) groups is 1. The summed E-state index contributed by atoms with van der Waals surface area (Å²) in [6, 6.07) is 10.5. The maximum Gasteiger partial charge on any atom is 0.473 e. The van der Waals surface area contributed by atoms with Crippen molar-refractivity contribution in [3.8, 4) is 5.75 Å². The highest BCUT2D eigenvalue weighted by Crippen LogP contribution is 2.48. The van der Waals surface area contributed by atoms with Crippen molar-refractivity contribution in [1.29, 1.82) is 0 Å². The van der Waals surface area contributed by atoms with Gasteiger partial charge in [0, 0.05) is 10.6 Å². The predicted molar refractivity (Wildman–Crippen MR) is 71.7 cm³/mol. The average Bonchev–Trinajstić information content (AvgIpc) is 2.47. The van der Waals surface area contributed by atoms with E-state index < -0.39 is 17.9 Å². The van der Waals surface area contributed by atoms with Crippen LogP contribution < -0.4 is 4.74 Å². The number of fused-ring (bicyclic) bond motifs is 1. The standard InChI is InChI=1S/C15H8ClF3O3/c16-10-6-7-12-11(8-10)13(20)22-14(21-12,15(17,18)19)9-4-2-1-3-5-9/h1-8H/t14-/m0/s1. The Bertz CT molecular complexity index is 731. The van der Waals surface area contributed by atoms with Crippen LogP contribution in [0.15, 0.2) is 48.5 Å². The van der Waals surface area contributed by atoms with E-state index in [1.54, 1.807) is 6.07 Å². The molecule has 0 saturated carbocycles. The van der Waals surface area contributed by atoms with Crippen molar-refractivity contribution in [2.45, 2.75) is 12.0 Å². The Morgan fingerprint density at radius 2 is 1.68 bits per heavy atom. The molecular formula is C15H8ClF3O3. The second-order valence-electron chi connectivity index (χ2n) is 4.61. The van der Waals surface area contributed by atoms with Gasteiger partial charge < -0.3 is 9.47 Å². The predicted octanol–water partition coefficient (Wildman–Crippen LogP) is 4.30. The second-order valence-corrected chi connectivity index (χ2v) is 5.05. The fraction of sp³-hybridized carbons (Fsp3) is 0.133. The summed E-state index contributed by atoms with van der Waals surface area (Å²) in [5.74, 6) is -4.56. The van der Waals surface area contributed by atoms with Crippen molar-refractivity contribution in [2.24, 2.45) is 0 Å². The molecule has 1 atom stereocenters. The molecule has 0 amide bonds. The zero-order chi connectivity index (χ0) is 16.0. The normalized spacial score (nSPS) is 20.8. The van der Waals surface area contributed by atoms with Crippen LogP contribution in [0.2, 0.25) is 5.02 Å². The van der Waals surface area contributed by atoms with Crippen molar-refractivity contribution < 1.29 is 27.4 Å². The fourth-order valence-corrected chi connectivity index (χ4v) is 2.34. The second kappa shape index (κ2) is 4.91. The summed E-state index contributed by atoms with van der Waals surface area (Å²) >= 11 is 5.73. The maximum absolute atomic E-state index is 13.6. The lowest BCUT2D eigenvalue weighted by Crippen LogP contribution is -2.53. The number of esters is 1. The van der Waals surface area contributed by atoms with Crippen molar-refractivity contribution in [1.82, 2.24) is 0 Å². The minimum atomic E-state index is -4.96. The van der Waals surface area contributed by atoms with E-state index >= 15 is 0 Å². The Balaban J connectivity index is 2.18. The molecule has 0 saturated heterocycles. The molecule has 0 unspecified atom stereocenters. The third-order valence-corrected chi connectivity index (χ3v) is 3.41. The van der Waals surface area contributed by atoms with Crippen LogP contribution in [0.1, 0.15) is 15.9 Å². The van der Waals surface area contributed by atoms with Gasteiger partial charge >= 0.3 is 17.9 Å². The third kappa shape index (κ3) is 2.20. The van der Waals surface area contributed by atoms with Crippen LogP contribution in [0.4, 0.5) is 13.2 Å². The van der Waals surface area contributed by atoms with Crippen molar-refractivity contribution in [2.75, 3.05) is 0 Å². The number of hydrogen-bond donors (Lipinski definition) is 0. The van der Waals surface area contributed by atoms with Crippen LogP contribution in [0, 0.1) is 0 Å². The average molecular weight is 329 g/mol. The van der Waals surface area contributed by atoms with Gasteiger partial charge in [-0.2, -0.15) is 13.2 Å². The number of cyclic esters (lactones) is 1. The highest BCUT2D eigenvalue weighted by atomic mass is 35.5. The monoisotopic (exact) mass is 328 g/mol. The Labute approximate surface area is 128 Å². The number of carbonyl (C=O) groups excluding carboxylic acids is 1. The van der Waals surface area contributed by atoms with Crippen LogP contribution in [0.3, 0.4) is 0 Å². The first-order chi connectivity index (χ1) is 10.3. The van der Waals surface area contributed by atoms with E-state index in [1.807, 2.05) is 0 Å². The Morgan fingerprint density at radius 3 is 2.32 bits per heavy atom. The smallest absolute Gasteiger partial charge is 0.440 e. The molecule has 2 aromatic rings. The van der Waals surface area contributed by atoms with E-state index in [9.17, 15) is 18.0 Å². The lowest BCUT2D eigenvalue weighted by molar-refractivity contribution is -0.345. The highest BCUT2D eigenvalue weighted by molar-refractivity contribution is 6.31. The van der Waals surface area contributed by atoms with Crippen molar-refractivity contribution in [3.05, 3.63) is 64.7 Å². The van der Waals surface area contributed by atoms with E-state index in [4.69, 9.17) is 16.3 Å². The first-order valence-electron chi connectivity index (χ1n) is 6.18. The molecule has 1 aliphatic heterocycles. The molecule has 3 nitrogen and oxygen atoms in total. The quantitative estimate of drug-likeness (QED) is 0.732. The summed E-state index contributed by atoms with van der Waals surface area (Å²) in [6.07, 6.45) is -4.96. The van der Waals surface area contributed by atoms with E-state index in [1.165, 1.54) is 42.5 Å². The number of alkyl halides is 3. The molecule has 0 aliphatic carbocycles. The maximum atomic E-state index is 13.6.